The van der Waals surface area contributed by atoms with Gasteiger partial charge in [-0.25, -0.2) is 0 Å². The standard InChI is InChI=1S/C19H21NO.ClH/c1-2-11-20-13-16-8-3-5-9-17(16)19(14-20)12-15-7-4-6-10-18(15)21-19;/h3-10H,2,11-14H2,1H3;1H. The molecule has 4 rings (SSSR count). The number of rotatable bonds is 2. The molecule has 0 N–H and O–H groups in total. The van der Waals surface area contributed by atoms with Gasteiger partial charge in [-0.2, -0.15) is 0 Å². The maximum absolute atomic E-state index is 6.50. The Morgan fingerprint density at radius 3 is 2.55 bits per heavy atom. The highest BCUT2D eigenvalue weighted by atomic mass is 35.5. The minimum absolute atomic E-state index is 0. The maximum atomic E-state index is 6.50. The van der Waals surface area contributed by atoms with Crippen molar-refractivity contribution >= 4 is 12.4 Å². The Kier molecular flexibility index (Phi) is 4.16. The zero-order valence-corrected chi connectivity index (χ0v) is 13.7. The second-order valence-corrected chi connectivity index (χ2v) is 6.25. The SMILES string of the molecule is CCCN1Cc2ccccc2C2(Cc3ccccc3O2)C1.Cl. The summed E-state index contributed by atoms with van der Waals surface area (Å²) < 4.78 is 6.50. The average molecular weight is 316 g/mol. The summed E-state index contributed by atoms with van der Waals surface area (Å²) in [5, 5.41) is 0. The highest BCUT2D eigenvalue weighted by Crippen LogP contribution is 2.45. The fourth-order valence-corrected chi connectivity index (χ4v) is 3.86. The topological polar surface area (TPSA) is 12.5 Å². The molecule has 0 saturated carbocycles. The molecule has 2 nitrogen and oxygen atoms in total. The van der Waals surface area contributed by atoms with Crippen LogP contribution in [0.25, 0.3) is 0 Å². The summed E-state index contributed by atoms with van der Waals surface area (Å²) >= 11 is 0. The molecule has 3 heteroatoms. The van der Waals surface area contributed by atoms with Crippen molar-refractivity contribution in [1.29, 1.82) is 0 Å². The number of fused-ring (bicyclic) bond motifs is 3. The van der Waals surface area contributed by atoms with Crippen molar-refractivity contribution in [1.82, 2.24) is 4.90 Å². The molecule has 0 fully saturated rings. The van der Waals surface area contributed by atoms with E-state index in [0.717, 1.165) is 31.8 Å². The van der Waals surface area contributed by atoms with E-state index in [1.807, 2.05) is 0 Å². The first-order valence-corrected chi connectivity index (χ1v) is 7.88. The lowest BCUT2D eigenvalue weighted by Gasteiger charge is -2.41. The third-order valence-corrected chi connectivity index (χ3v) is 4.67. The molecule has 2 aliphatic rings. The van der Waals surface area contributed by atoms with Gasteiger partial charge in [-0.05, 0) is 30.2 Å². The Balaban J connectivity index is 0.00000144. The Labute approximate surface area is 138 Å². The first-order valence-electron chi connectivity index (χ1n) is 7.88. The summed E-state index contributed by atoms with van der Waals surface area (Å²) in [5.41, 5.74) is 3.96. The molecule has 0 aromatic heterocycles. The lowest BCUT2D eigenvalue weighted by molar-refractivity contribution is 0.0257. The second kappa shape index (κ2) is 5.94. The Hall–Kier alpha value is -1.51. The van der Waals surface area contributed by atoms with E-state index >= 15 is 0 Å². The number of benzene rings is 2. The predicted octanol–water partition coefficient (Wildman–Crippen LogP) is 4.16. The molecule has 0 bridgehead atoms. The molecule has 0 aliphatic carbocycles. The Morgan fingerprint density at radius 1 is 1.05 bits per heavy atom. The quantitative estimate of drug-likeness (QED) is 0.825. The van der Waals surface area contributed by atoms with Gasteiger partial charge in [0.25, 0.3) is 0 Å². The maximum Gasteiger partial charge on any atom is 0.151 e. The largest absolute Gasteiger partial charge is 0.481 e. The van der Waals surface area contributed by atoms with E-state index in [1.54, 1.807) is 0 Å². The molecule has 0 radical (unpaired) electrons. The van der Waals surface area contributed by atoms with Gasteiger partial charge in [0.1, 0.15) is 5.75 Å². The first kappa shape index (κ1) is 15.4. The molecular formula is C19H22ClNO. The second-order valence-electron chi connectivity index (χ2n) is 6.25. The van der Waals surface area contributed by atoms with E-state index in [9.17, 15) is 0 Å². The van der Waals surface area contributed by atoms with Gasteiger partial charge in [-0.3, -0.25) is 4.90 Å². The zero-order chi connectivity index (χ0) is 14.3. The van der Waals surface area contributed by atoms with Crippen LogP contribution < -0.4 is 4.74 Å². The molecule has 2 aliphatic heterocycles. The Morgan fingerprint density at radius 2 is 1.77 bits per heavy atom. The monoisotopic (exact) mass is 315 g/mol. The van der Waals surface area contributed by atoms with Crippen molar-refractivity contribution in [2.45, 2.75) is 31.9 Å². The van der Waals surface area contributed by atoms with Gasteiger partial charge < -0.3 is 4.74 Å². The van der Waals surface area contributed by atoms with Crippen LogP contribution in [0.2, 0.25) is 0 Å². The predicted molar refractivity (Wildman–Crippen MR) is 91.7 cm³/mol. The summed E-state index contributed by atoms with van der Waals surface area (Å²) in [4.78, 5) is 2.54. The fraction of sp³-hybridized carbons (Fsp3) is 0.368. The number of ether oxygens (including phenoxy) is 1. The van der Waals surface area contributed by atoms with Crippen molar-refractivity contribution in [3.8, 4) is 5.75 Å². The van der Waals surface area contributed by atoms with E-state index in [-0.39, 0.29) is 18.0 Å². The van der Waals surface area contributed by atoms with Crippen molar-refractivity contribution in [3.05, 3.63) is 65.2 Å². The highest BCUT2D eigenvalue weighted by Gasteiger charge is 2.45. The number of para-hydroxylation sites is 1. The van der Waals surface area contributed by atoms with Crippen LogP contribution in [0.4, 0.5) is 0 Å². The van der Waals surface area contributed by atoms with E-state index < -0.39 is 0 Å². The van der Waals surface area contributed by atoms with Gasteiger partial charge in [0.15, 0.2) is 5.60 Å². The molecule has 2 heterocycles. The highest BCUT2D eigenvalue weighted by molar-refractivity contribution is 5.85. The normalized spacial score (nSPS) is 22.6. The van der Waals surface area contributed by atoms with Gasteiger partial charge in [0.05, 0.1) is 0 Å². The van der Waals surface area contributed by atoms with Gasteiger partial charge in [-0.15, -0.1) is 12.4 Å². The summed E-state index contributed by atoms with van der Waals surface area (Å²) in [6, 6.07) is 17.3. The third-order valence-electron chi connectivity index (χ3n) is 4.67. The minimum atomic E-state index is -0.187. The lowest BCUT2D eigenvalue weighted by Crippen LogP contribution is -2.48. The molecule has 1 spiro atoms. The molecule has 116 valence electrons. The number of halogens is 1. The fourth-order valence-electron chi connectivity index (χ4n) is 3.86. The van der Waals surface area contributed by atoms with Crippen LogP contribution in [-0.4, -0.2) is 18.0 Å². The van der Waals surface area contributed by atoms with E-state index in [1.165, 1.54) is 23.1 Å². The summed E-state index contributed by atoms with van der Waals surface area (Å²) in [5.74, 6) is 1.06. The summed E-state index contributed by atoms with van der Waals surface area (Å²) in [7, 11) is 0. The summed E-state index contributed by atoms with van der Waals surface area (Å²) in [6.07, 6.45) is 2.17. The first-order chi connectivity index (χ1) is 10.3. The van der Waals surface area contributed by atoms with Crippen LogP contribution in [0.3, 0.4) is 0 Å². The van der Waals surface area contributed by atoms with Crippen LogP contribution in [-0.2, 0) is 18.6 Å². The molecule has 0 saturated heterocycles. The van der Waals surface area contributed by atoms with Crippen LogP contribution >= 0.6 is 12.4 Å². The molecule has 22 heavy (non-hydrogen) atoms. The van der Waals surface area contributed by atoms with E-state index in [2.05, 4.69) is 60.4 Å². The molecule has 2 aromatic carbocycles. The molecule has 1 unspecified atom stereocenters. The van der Waals surface area contributed by atoms with E-state index in [0.29, 0.717) is 0 Å². The smallest absolute Gasteiger partial charge is 0.151 e. The van der Waals surface area contributed by atoms with Crippen molar-refractivity contribution in [3.63, 3.8) is 0 Å². The van der Waals surface area contributed by atoms with Gasteiger partial charge in [0.2, 0.25) is 0 Å². The minimum Gasteiger partial charge on any atom is -0.481 e. The number of hydrogen-bond acceptors (Lipinski definition) is 2. The third kappa shape index (κ3) is 2.41. The van der Waals surface area contributed by atoms with Crippen LogP contribution in [0.5, 0.6) is 5.75 Å². The molecule has 0 amide bonds. The average Bonchev–Trinajstić information content (AvgIpc) is 2.86. The van der Waals surface area contributed by atoms with Crippen molar-refractivity contribution in [2.24, 2.45) is 0 Å². The number of nitrogens with zero attached hydrogens (tertiary/aromatic N) is 1. The van der Waals surface area contributed by atoms with Crippen molar-refractivity contribution < 1.29 is 4.74 Å². The Bertz CT molecular complexity index is 645. The van der Waals surface area contributed by atoms with Gasteiger partial charge >= 0.3 is 0 Å². The number of hydrogen-bond donors (Lipinski definition) is 0. The van der Waals surface area contributed by atoms with Crippen LogP contribution in [0, 0.1) is 0 Å². The lowest BCUT2D eigenvalue weighted by atomic mass is 9.82. The molecular weight excluding hydrogens is 294 g/mol. The molecule has 2 aromatic rings. The molecule has 1 atom stereocenters. The van der Waals surface area contributed by atoms with Crippen molar-refractivity contribution in [2.75, 3.05) is 13.1 Å². The zero-order valence-electron chi connectivity index (χ0n) is 12.9. The van der Waals surface area contributed by atoms with Gasteiger partial charge in [0, 0.05) is 25.1 Å². The van der Waals surface area contributed by atoms with Gasteiger partial charge in [-0.1, -0.05) is 49.4 Å². The summed E-state index contributed by atoms with van der Waals surface area (Å²) in [6.45, 7) is 5.42. The van der Waals surface area contributed by atoms with E-state index in [4.69, 9.17) is 4.74 Å². The van der Waals surface area contributed by atoms with Crippen LogP contribution in [0.1, 0.15) is 30.0 Å². The van der Waals surface area contributed by atoms with Crippen LogP contribution in [0.15, 0.2) is 48.5 Å².